The maximum Gasteiger partial charge on any atom is 0.261 e. The average Bonchev–Trinajstić information content (AvgIpc) is 3.13. The molecule has 5 rings (SSSR count). The van der Waals surface area contributed by atoms with Gasteiger partial charge in [0.2, 0.25) is 5.91 Å². The number of fused-ring (bicyclic) bond motifs is 3. The van der Waals surface area contributed by atoms with E-state index in [0.717, 1.165) is 22.0 Å². The summed E-state index contributed by atoms with van der Waals surface area (Å²) in [6.45, 7) is 0. The normalized spacial score (nSPS) is 12.9. The van der Waals surface area contributed by atoms with E-state index in [2.05, 4.69) is 10.3 Å². The molecule has 148 valence electrons. The highest BCUT2D eigenvalue weighted by Gasteiger charge is 2.19. The van der Waals surface area contributed by atoms with Gasteiger partial charge in [0.05, 0.1) is 23.1 Å². The molecular formula is C23H17N3O3S. The second kappa shape index (κ2) is 7.11. The Kier molecular flexibility index (Phi) is 4.40. The Balaban J connectivity index is 1.44. The molecule has 1 aliphatic rings. The van der Waals surface area contributed by atoms with E-state index in [1.165, 1.54) is 16.3 Å². The monoisotopic (exact) mass is 415 g/mol. The minimum Gasteiger partial charge on any atom is -0.326 e. The molecule has 1 aliphatic heterocycles. The van der Waals surface area contributed by atoms with Crippen molar-refractivity contribution < 1.29 is 9.59 Å². The Labute approximate surface area is 175 Å². The van der Waals surface area contributed by atoms with Gasteiger partial charge in [-0.15, -0.1) is 0 Å². The zero-order chi connectivity index (χ0) is 20.8. The van der Waals surface area contributed by atoms with Gasteiger partial charge >= 0.3 is 0 Å². The van der Waals surface area contributed by atoms with Gasteiger partial charge in [-0.3, -0.25) is 19.0 Å². The van der Waals surface area contributed by atoms with Gasteiger partial charge in [-0.25, -0.2) is 4.98 Å². The lowest BCUT2D eigenvalue weighted by molar-refractivity contribution is -0.115. The molecule has 1 N–H and O–H groups in total. The first kappa shape index (κ1) is 18.6. The predicted octanol–water partition coefficient (Wildman–Crippen LogP) is 3.56. The van der Waals surface area contributed by atoms with Crippen molar-refractivity contribution in [2.45, 2.75) is 11.6 Å². The molecule has 0 fully saturated rings. The fourth-order valence-corrected chi connectivity index (χ4v) is 4.55. The number of amides is 1. The second-order valence-corrected chi connectivity index (χ2v) is 8.23. The SMILES string of the molecule is Cn1c(SCC(=O)c2ccc3c(c2)CC(=O)N3)nc2cc3ccccc3cc2c1=O. The molecule has 0 saturated carbocycles. The van der Waals surface area contributed by atoms with E-state index in [0.29, 0.717) is 21.6 Å². The largest absolute Gasteiger partial charge is 0.326 e. The number of hydrogen-bond donors (Lipinski definition) is 1. The number of hydrogen-bond acceptors (Lipinski definition) is 5. The minimum atomic E-state index is -0.136. The number of ketones is 1. The molecule has 0 bridgehead atoms. The van der Waals surface area contributed by atoms with Crippen LogP contribution < -0.4 is 10.9 Å². The van der Waals surface area contributed by atoms with E-state index in [-0.39, 0.29) is 29.4 Å². The Hall–Kier alpha value is -3.45. The number of benzene rings is 3. The van der Waals surface area contributed by atoms with Gasteiger partial charge in [0.15, 0.2) is 10.9 Å². The van der Waals surface area contributed by atoms with Crippen molar-refractivity contribution in [2.24, 2.45) is 7.05 Å². The maximum atomic E-state index is 12.9. The van der Waals surface area contributed by atoms with Gasteiger partial charge in [0.1, 0.15) is 0 Å². The molecule has 6 nitrogen and oxygen atoms in total. The van der Waals surface area contributed by atoms with Gasteiger partial charge in [-0.05, 0) is 46.7 Å². The van der Waals surface area contributed by atoms with Crippen molar-refractivity contribution in [3.05, 3.63) is 76.1 Å². The molecule has 30 heavy (non-hydrogen) atoms. The van der Waals surface area contributed by atoms with E-state index in [9.17, 15) is 14.4 Å². The van der Waals surface area contributed by atoms with Crippen LogP contribution in [-0.2, 0) is 18.3 Å². The molecule has 0 aliphatic carbocycles. The van der Waals surface area contributed by atoms with E-state index in [1.807, 2.05) is 36.4 Å². The Morgan fingerprint density at radius 3 is 2.67 bits per heavy atom. The number of thioether (sulfide) groups is 1. The molecule has 0 unspecified atom stereocenters. The van der Waals surface area contributed by atoms with Crippen molar-refractivity contribution in [2.75, 3.05) is 11.1 Å². The van der Waals surface area contributed by atoms with Crippen LogP contribution in [0.3, 0.4) is 0 Å². The van der Waals surface area contributed by atoms with Crippen molar-refractivity contribution in [1.29, 1.82) is 0 Å². The zero-order valence-corrected chi connectivity index (χ0v) is 17.0. The van der Waals surface area contributed by atoms with Crippen molar-refractivity contribution in [1.82, 2.24) is 9.55 Å². The molecule has 3 aromatic carbocycles. The van der Waals surface area contributed by atoms with Crippen LogP contribution in [0.2, 0.25) is 0 Å². The first-order chi connectivity index (χ1) is 14.5. The van der Waals surface area contributed by atoms with Crippen molar-refractivity contribution in [3.8, 4) is 0 Å². The standard InChI is InChI=1S/C23H17N3O3S/c1-26-22(29)17-9-13-4-2-3-5-14(13)10-19(17)25-23(26)30-12-20(27)15-6-7-18-16(8-15)11-21(28)24-18/h2-10H,11-12H2,1H3,(H,24,28). The first-order valence-corrected chi connectivity index (χ1v) is 10.5. The van der Waals surface area contributed by atoms with Crippen LogP contribution in [0.15, 0.2) is 64.5 Å². The molecule has 7 heteroatoms. The van der Waals surface area contributed by atoms with Gasteiger partial charge in [0, 0.05) is 18.3 Å². The lowest BCUT2D eigenvalue weighted by Gasteiger charge is -2.10. The molecule has 0 radical (unpaired) electrons. The second-order valence-electron chi connectivity index (χ2n) is 7.28. The Bertz CT molecular complexity index is 1420. The lowest BCUT2D eigenvalue weighted by Crippen LogP contribution is -2.20. The summed E-state index contributed by atoms with van der Waals surface area (Å²) in [5.41, 5.74) is 2.63. The number of aromatic nitrogens is 2. The summed E-state index contributed by atoms with van der Waals surface area (Å²) >= 11 is 1.24. The highest BCUT2D eigenvalue weighted by molar-refractivity contribution is 7.99. The van der Waals surface area contributed by atoms with Gasteiger partial charge in [-0.2, -0.15) is 0 Å². The minimum absolute atomic E-state index is 0.0631. The number of nitrogens with zero attached hydrogens (tertiary/aromatic N) is 2. The topological polar surface area (TPSA) is 81.1 Å². The summed E-state index contributed by atoms with van der Waals surface area (Å²) < 4.78 is 1.49. The van der Waals surface area contributed by atoms with Crippen LogP contribution in [0.1, 0.15) is 15.9 Å². The van der Waals surface area contributed by atoms with Crippen LogP contribution >= 0.6 is 11.8 Å². The molecule has 4 aromatic rings. The van der Waals surface area contributed by atoms with E-state index in [4.69, 9.17) is 0 Å². The molecule has 0 saturated heterocycles. The van der Waals surface area contributed by atoms with E-state index < -0.39 is 0 Å². The summed E-state index contributed by atoms with van der Waals surface area (Å²) in [5, 5.41) is 5.82. The third kappa shape index (κ3) is 3.17. The zero-order valence-electron chi connectivity index (χ0n) is 16.1. The van der Waals surface area contributed by atoms with E-state index in [1.54, 1.807) is 25.2 Å². The number of anilines is 1. The van der Waals surface area contributed by atoms with Crippen LogP contribution in [-0.4, -0.2) is 27.0 Å². The van der Waals surface area contributed by atoms with Crippen LogP contribution in [0.5, 0.6) is 0 Å². The van der Waals surface area contributed by atoms with Crippen LogP contribution in [0.25, 0.3) is 21.7 Å². The van der Waals surface area contributed by atoms with E-state index >= 15 is 0 Å². The fourth-order valence-electron chi connectivity index (χ4n) is 3.68. The summed E-state index contributed by atoms with van der Waals surface area (Å²) in [7, 11) is 1.67. The third-order valence-corrected chi connectivity index (χ3v) is 6.32. The van der Waals surface area contributed by atoms with Gasteiger partial charge in [0.25, 0.3) is 5.56 Å². The maximum absolute atomic E-state index is 12.9. The lowest BCUT2D eigenvalue weighted by atomic mass is 10.1. The fraction of sp³-hybridized carbons (Fsp3) is 0.130. The number of nitrogens with one attached hydrogen (secondary N) is 1. The number of Topliss-reactive ketones (excluding diaryl/α,β-unsaturated/α-hetero) is 1. The highest BCUT2D eigenvalue weighted by atomic mass is 32.2. The van der Waals surface area contributed by atoms with Crippen LogP contribution in [0, 0.1) is 0 Å². The highest BCUT2D eigenvalue weighted by Crippen LogP contribution is 2.26. The summed E-state index contributed by atoms with van der Waals surface area (Å²) in [6, 6.07) is 16.8. The molecule has 1 aromatic heterocycles. The first-order valence-electron chi connectivity index (χ1n) is 9.48. The molecule has 0 spiro atoms. The smallest absolute Gasteiger partial charge is 0.261 e. The summed E-state index contributed by atoms with van der Waals surface area (Å²) in [5.74, 6) is 0.0152. The van der Waals surface area contributed by atoms with Crippen molar-refractivity contribution in [3.63, 3.8) is 0 Å². The molecule has 1 amide bonds. The predicted molar refractivity (Wildman–Crippen MR) is 118 cm³/mol. The molecule has 2 heterocycles. The number of carbonyl (C=O) groups excluding carboxylic acids is 2. The number of rotatable bonds is 4. The average molecular weight is 415 g/mol. The Morgan fingerprint density at radius 2 is 1.87 bits per heavy atom. The Morgan fingerprint density at radius 1 is 1.10 bits per heavy atom. The van der Waals surface area contributed by atoms with Gasteiger partial charge < -0.3 is 5.32 Å². The molecular weight excluding hydrogens is 398 g/mol. The van der Waals surface area contributed by atoms with Crippen molar-refractivity contribution >= 4 is 50.8 Å². The quantitative estimate of drug-likeness (QED) is 0.239. The third-order valence-electron chi connectivity index (χ3n) is 5.29. The van der Waals surface area contributed by atoms with Crippen LogP contribution in [0.4, 0.5) is 5.69 Å². The number of carbonyl (C=O) groups is 2. The molecule has 0 atom stereocenters. The summed E-state index contributed by atoms with van der Waals surface area (Å²) in [6.07, 6.45) is 0.290. The summed E-state index contributed by atoms with van der Waals surface area (Å²) in [4.78, 5) is 41.7. The van der Waals surface area contributed by atoms with Gasteiger partial charge in [-0.1, -0.05) is 36.0 Å².